The summed E-state index contributed by atoms with van der Waals surface area (Å²) in [5, 5.41) is 3.17. The van der Waals surface area contributed by atoms with E-state index in [0.717, 1.165) is 24.3 Å². The number of carbonyl (C=O) groups excluding carboxylic acids is 2. The van der Waals surface area contributed by atoms with E-state index >= 15 is 0 Å². The largest absolute Gasteiger partial charge is 0.379 e. The van der Waals surface area contributed by atoms with Gasteiger partial charge in [0.2, 0.25) is 0 Å². The number of imide groups is 1. The molecule has 2 heterocycles. The maximum Gasteiger partial charge on any atom is 0.278 e. The lowest BCUT2D eigenvalue weighted by Crippen LogP contribution is -2.43. The van der Waals surface area contributed by atoms with E-state index in [-0.39, 0.29) is 11.8 Å². The van der Waals surface area contributed by atoms with Gasteiger partial charge >= 0.3 is 0 Å². The molecule has 1 fully saturated rings. The number of amides is 2. The first-order chi connectivity index (χ1) is 13.7. The van der Waals surface area contributed by atoms with Crippen molar-refractivity contribution in [2.75, 3.05) is 44.7 Å². The van der Waals surface area contributed by atoms with E-state index in [4.69, 9.17) is 4.74 Å². The zero-order valence-corrected chi connectivity index (χ0v) is 15.6. The molecule has 28 heavy (non-hydrogen) atoms. The van der Waals surface area contributed by atoms with Gasteiger partial charge in [0.1, 0.15) is 5.70 Å². The second-order valence-electron chi connectivity index (χ2n) is 6.82. The number of morpholine rings is 1. The smallest absolute Gasteiger partial charge is 0.278 e. The average molecular weight is 377 g/mol. The Morgan fingerprint density at radius 1 is 0.821 bits per heavy atom. The van der Waals surface area contributed by atoms with Crippen LogP contribution in [0.1, 0.15) is 5.56 Å². The number of benzene rings is 2. The van der Waals surface area contributed by atoms with Crippen molar-refractivity contribution in [2.45, 2.75) is 0 Å². The first-order valence-electron chi connectivity index (χ1n) is 9.52. The summed E-state index contributed by atoms with van der Waals surface area (Å²) in [7, 11) is 0. The topological polar surface area (TPSA) is 61.9 Å². The number of rotatable bonds is 6. The van der Waals surface area contributed by atoms with Gasteiger partial charge in [-0.1, -0.05) is 48.5 Å². The van der Waals surface area contributed by atoms with Gasteiger partial charge in [-0.15, -0.1) is 0 Å². The summed E-state index contributed by atoms with van der Waals surface area (Å²) in [6, 6.07) is 18.8. The van der Waals surface area contributed by atoms with Crippen LogP contribution in [0.3, 0.4) is 0 Å². The number of hydrogen-bond acceptors (Lipinski definition) is 5. The molecule has 0 aromatic heterocycles. The Labute approximate surface area is 164 Å². The highest BCUT2D eigenvalue weighted by Crippen LogP contribution is 2.30. The van der Waals surface area contributed by atoms with Crippen molar-refractivity contribution < 1.29 is 14.3 Å². The molecule has 6 nitrogen and oxygen atoms in total. The number of para-hydroxylation sites is 1. The lowest BCUT2D eigenvalue weighted by atomic mass is 10.0. The highest BCUT2D eigenvalue weighted by molar-refractivity contribution is 6.36. The van der Waals surface area contributed by atoms with Gasteiger partial charge in [0, 0.05) is 31.9 Å². The van der Waals surface area contributed by atoms with Crippen LogP contribution in [-0.4, -0.2) is 61.0 Å². The molecule has 2 aromatic carbocycles. The SMILES string of the molecule is O=C1C(Nc2ccccc2)=C(c2ccccc2)C(=O)N1CCN1CCOCC1. The molecule has 2 aliphatic rings. The average Bonchev–Trinajstić information content (AvgIpc) is 2.98. The van der Waals surface area contributed by atoms with Crippen molar-refractivity contribution in [3.05, 3.63) is 71.9 Å². The summed E-state index contributed by atoms with van der Waals surface area (Å²) in [6.45, 7) is 4.05. The van der Waals surface area contributed by atoms with Crippen molar-refractivity contribution in [1.82, 2.24) is 9.80 Å². The summed E-state index contributed by atoms with van der Waals surface area (Å²) in [4.78, 5) is 29.8. The summed E-state index contributed by atoms with van der Waals surface area (Å²) < 4.78 is 5.36. The van der Waals surface area contributed by atoms with Crippen LogP contribution in [-0.2, 0) is 14.3 Å². The van der Waals surface area contributed by atoms with Crippen molar-refractivity contribution in [2.24, 2.45) is 0 Å². The van der Waals surface area contributed by atoms with Crippen LogP contribution < -0.4 is 5.32 Å². The molecular formula is C22H23N3O3. The van der Waals surface area contributed by atoms with Gasteiger partial charge in [-0.3, -0.25) is 19.4 Å². The standard InChI is InChI=1S/C22H23N3O3/c26-21-19(17-7-3-1-4-8-17)20(23-18-9-5-2-6-10-18)22(27)25(21)12-11-24-13-15-28-16-14-24/h1-10,23H,11-16H2. The fourth-order valence-corrected chi connectivity index (χ4v) is 3.50. The van der Waals surface area contributed by atoms with E-state index < -0.39 is 0 Å². The Kier molecular flexibility index (Phi) is 5.50. The van der Waals surface area contributed by atoms with Crippen LogP contribution in [0.15, 0.2) is 66.4 Å². The molecule has 0 aliphatic carbocycles. The Morgan fingerprint density at radius 3 is 2.14 bits per heavy atom. The zero-order valence-electron chi connectivity index (χ0n) is 15.6. The van der Waals surface area contributed by atoms with Gasteiger partial charge in [-0.25, -0.2) is 0 Å². The van der Waals surface area contributed by atoms with E-state index in [1.54, 1.807) is 0 Å². The second kappa shape index (κ2) is 8.37. The van der Waals surface area contributed by atoms with E-state index in [1.807, 2.05) is 60.7 Å². The lowest BCUT2D eigenvalue weighted by Gasteiger charge is -2.28. The molecule has 0 radical (unpaired) electrons. The third kappa shape index (κ3) is 3.83. The van der Waals surface area contributed by atoms with Crippen molar-refractivity contribution >= 4 is 23.1 Å². The Balaban J connectivity index is 1.59. The normalized spacial score (nSPS) is 18.1. The van der Waals surface area contributed by atoms with Gasteiger partial charge in [0.25, 0.3) is 11.8 Å². The molecule has 1 saturated heterocycles. The minimum atomic E-state index is -0.277. The lowest BCUT2D eigenvalue weighted by molar-refractivity contribution is -0.137. The Hall–Kier alpha value is -2.96. The number of nitrogens with one attached hydrogen (secondary N) is 1. The van der Waals surface area contributed by atoms with Crippen LogP contribution in [0.25, 0.3) is 5.57 Å². The van der Waals surface area contributed by atoms with E-state index in [9.17, 15) is 9.59 Å². The van der Waals surface area contributed by atoms with Gasteiger partial charge in [-0.2, -0.15) is 0 Å². The molecule has 0 bridgehead atoms. The second-order valence-corrected chi connectivity index (χ2v) is 6.82. The minimum Gasteiger partial charge on any atom is -0.379 e. The molecule has 6 heteroatoms. The van der Waals surface area contributed by atoms with Gasteiger partial charge in [0.05, 0.1) is 18.8 Å². The fourth-order valence-electron chi connectivity index (χ4n) is 3.50. The summed E-state index contributed by atoms with van der Waals surface area (Å²) in [6.07, 6.45) is 0. The van der Waals surface area contributed by atoms with E-state index in [2.05, 4.69) is 10.2 Å². The molecule has 2 amide bonds. The molecule has 0 saturated carbocycles. The first-order valence-corrected chi connectivity index (χ1v) is 9.52. The van der Waals surface area contributed by atoms with Crippen LogP contribution in [0.5, 0.6) is 0 Å². The highest BCUT2D eigenvalue weighted by Gasteiger charge is 2.39. The predicted octanol–water partition coefficient (Wildman–Crippen LogP) is 2.21. The molecule has 0 atom stereocenters. The number of carbonyl (C=O) groups is 2. The molecule has 144 valence electrons. The summed E-state index contributed by atoms with van der Waals surface area (Å²) in [5.41, 5.74) is 2.29. The number of ether oxygens (including phenoxy) is 1. The van der Waals surface area contributed by atoms with Gasteiger partial charge in [-0.05, 0) is 17.7 Å². The summed E-state index contributed by atoms with van der Waals surface area (Å²) in [5.74, 6) is -0.524. The number of nitrogens with zero attached hydrogens (tertiary/aromatic N) is 2. The third-order valence-electron chi connectivity index (χ3n) is 5.02. The number of hydrogen-bond donors (Lipinski definition) is 1. The fraction of sp³-hybridized carbons (Fsp3) is 0.273. The molecule has 1 N–H and O–H groups in total. The third-order valence-corrected chi connectivity index (χ3v) is 5.02. The highest BCUT2D eigenvalue weighted by atomic mass is 16.5. The predicted molar refractivity (Wildman–Crippen MR) is 107 cm³/mol. The van der Waals surface area contributed by atoms with Crippen LogP contribution >= 0.6 is 0 Å². The monoisotopic (exact) mass is 377 g/mol. The molecule has 0 unspecified atom stereocenters. The zero-order chi connectivity index (χ0) is 19.3. The molecule has 4 rings (SSSR count). The maximum atomic E-state index is 13.2. The van der Waals surface area contributed by atoms with Gasteiger partial charge < -0.3 is 10.1 Å². The number of anilines is 1. The van der Waals surface area contributed by atoms with Crippen molar-refractivity contribution in [3.63, 3.8) is 0 Å². The molecule has 2 aliphatic heterocycles. The Bertz CT molecular complexity index is 874. The van der Waals surface area contributed by atoms with Crippen LogP contribution in [0, 0.1) is 0 Å². The Morgan fingerprint density at radius 2 is 1.46 bits per heavy atom. The van der Waals surface area contributed by atoms with E-state index in [0.29, 0.717) is 37.6 Å². The van der Waals surface area contributed by atoms with Crippen LogP contribution in [0.2, 0.25) is 0 Å². The summed E-state index contributed by atoms with van der Waals surface area (Å²) >= 11 is 0. The van der Waals surface area contributed by atoms with E-state index in [1.165, 1.54) is 4.90 Å². The van der Waals surface area contributed by atoms with Crippen molar-refractivity contribution in [3.8, 4) is 0 Å². The molecule has 2 aromatic rings. The quantitative estimate of drug-likeness (QED) is 0.782. The van der Waals surface area contributed by atoms with Crippen molar-refractivity contribution in [1.29, 1.82) is 0 Å². The maximum absolute atomic E-state index is 13.2. The molecular weight excluding hydrogens is 354 g/mol. The van der Waals surface area contributed by atoms with Crippen LogP contribution in [0.4, 0.5) is 5.69 Å². The molecule has 0 spiro atoms. The first kappa shape index (κ1) is 18.4. The minimum absolute atomic E-state index is 0.247. The van der Waals surface area contributed by atoms with Gasteiger partial charge in [0.15, 0.2) is 0 Å².